The van der Waals surface area contributed by atoms with Gasteiger partial charge in [-0.2, -0.15) is 0 Å². The van der Waals surface area contributed by atoms with E-state index in [-0.39, 0.29) is 12.4 Å². The van der Waals surface area contributed by atoms with E-state index in [1.807, 2.05) is 25.1 Å². The largest absolute Gasteiger partial charge is 0.493 e. The SMILES string of the molecule is COc1ccc(-c2c(C)c3cc(OCC(=O)c4ccccc4)ccc3oc2=O)cc1OC. The van der Waals surface area contributed by atoms with E-state index in [9.17, 15) is 9.59 Å². The fraction of sp³-hybridized carbons (Fsp3) is 0.154. The topological polar surface area (TPSA) is 75.0 Å². The van der Waals surface area contributed by atoms with Gasteiger partial charge in [0, 0.05) is 10.9 Å². The highest BCUT2D eigenvalue weighted by Gasteiger charge is 2.16. The van der Waals surface area contributed by atoms with E-state index >= 15 is 0 Å². The van der Waals surface area contributed by atoms with Crippen LogP contribution in [0.15, 0.2) is 75.9 Å². The van der Waals surface area contributed by atoms with Gasteiger partial charge in [-0.05, 0) is 48.4 Å². The third-order valence-electron chi connectivity index (χ3n) is 5.27. The predicted molar refractivity (Wildman–Crippen MR) is 122 cm³/mol. The molecule has 0 radical (unpaired) electrons. The Morgan fingerprint density at radius 2 is 1.66 bits per heavy atom. The molecule has 1 aromatic heterocycles. The lowest BCUT2D eigenvalue weighted by Gasteiger charge is -2.12. The first-order chi connectivity index (χ1) is 15.5. The van der Waals surface area contributed by atoms with Crippen molar-refractivity contribution in [2.24, 2.45) is 0 Å². The summed E-state index contributed by atoms with van der Waals surface area (Å²) < 4.78 is 21.9. The summed E-state index contributed by atoms with van der Waals surface area (Å²) in [5.74, 6) is 1.48. The molecule has 0 aliphatic carbocycles. The zero-order chi connectivity index (χ0) is 22.7. The van der Waals surface area contributed by atoms with Gasteiger partial charge in [0.05, 0.1) is 19.8 Å². The molecule has 0 aliphatic rings. The predicted octanol–water partition coefficient (Wildman–Crippen LogP) is 5.05. The van der Waals surface area contributed by atoms with Gasteiger partial charge in [-0.1, -0.05) is 36.4 Å². The van der Waals surface area contributed by atoms with Crippen LogP contribution in [0.2, 0.25) is 0 Å². The number of aryl methyl sites for hydroxylation is 1. The number of hydrogen-bond acceptors (Lipinski definition) is 6. The smallest absolute Gasteiger partial charge is 0.344 e. The maximum absolute atomic E-state index is 12.8. The molecule has 6 nitrogen and oxygen atoms in total. The van der Waals surface area contributed by atoms with Gasteiger partial charge < -0.3 is 18.6 Å². The van der Waals surface area contributed by atoms with Crippen LogP contribution in [0.3, 0.4) is 0 Å². The Morgan fingerprint density at radius 1 is 0.906 bits per heavy atom. The molecule has 4 rings (SSSR count). The van der Waals surface area contributed by atoms with Crippen molar-refractivity contribution in [3.05, 3.63) is 88.3 Å². The molecule has 162 valence electrons. The maximum Gasteiger partial charge on any atom is 0.344 e. The van der Waals surface area contributed by atoms with E-state index < -0.39 is 5.63 Å². The second-order valence-corrected chi connectivity index (χ2v) is 7.20. The lowest BCUT2D eigenvalue weighted by Crippen LogP contribution is -2.11. The molecule has 1 heterocycles. The van der Waals surface area contributed by atoms with Crippen LogP contribution < -0.4 is 19.8 Å². The zero-order valence-corrected chi connectivity index (χ0v) is 18.0. The molecule has 0 saturated heterocycles. The van der Waals surface area contributed by atoms with E-state index in [2.05, 4.69) is 0 Å². The lowest BCUT2D eigenvalue weighted by atomic mass is 9.99. The number of rotatable bonds is 7. The highest BCUT2D eigenvalue weighted by atomic mass is 16.5. The van der Waals surface area contributed by atoms with Gasteiger partial charge in [0.15, 0.2) is 23.9 Å². The first-order valence-corrected chi connectivity index (χ1v) is 10.0. The quantitative estimate of drug-likeness (QED) is 0.302. The molecule has 0 amide bonds. The van der Waals surface area contributed by atoms with Crippen LogP contribution in [0.25, 0.3) is 22.1 Å². The summed E-state index contributed by atoms with van der Waals surface area (Å²) in [4.78, 5) is 25.1. The van der Waals surface area contributed by atoms with Crippen LogP contribution >= 0.6 is 0 Å². The third kappa shape index (κ3) is 4.07. The van der Waals surface area contributed by atoms with Gasteiger partial charge in [0.25, 0.3) is 0 Å². The molecule has 0 aliphatic heterocycles. The Morgan fingerprint density at radius 3 is 2.38 bits per heavy atom. The summed E-state index contributed by atoms with van der Waals surface area (Å²) in [6.45, 7) is 1.76. The molecule has 3 aromatic carbocycles. The summed E-state index contributed by atoms with van der Waals surface area (Å²) in [7, 11) is 3.09. The minimum atomic E-state index is -0.449. The van der Waals surface area contributed by atoms with Gasteiger partial charge in [0.1, 0.15) is 11.3 Å². The fourth-order valence-electron chi connectivity index (χ4n) is 3.60. The molecule has 0 unspecified atom stereocenters. The Hall–Kier alpha value is -4.06. The van der Waals surface area contributed by atoms with Crippen molar-refractivity contribution in [3.8, 4) is 28.4 Å². The van der Waals surface area contributed by atoms with Gasteiger partial charge in [-0.3, -0.25) is 4.79 Å². The lowest BCUT2D eigenvalue weighted by molar-refractivity contribution is 0.0921. The van der Waals surface area contributed by atoms with Crippen molar-refractivity contribution in [2.45, 2.75) is 6.92 Å². The molecular weight excluding hydrogens is 408 g/mol. The van der Waals surface area contributed by atoms with E-state index in [1.54, 1.807) is 55.6 Å². The van der Waals surface area contributed by atoms with Crippen LogP contribution in [0, 0.1) is 6.92 Å². The van der Waals surface area contributed by atoms with Crippen molar-refractivity contribution in [2.75, 3.05) is 20.8 Å². The van der Waals surface area contributed by atoms with E-state index in [1.165, 1.54) is 7.11 Å². The molecule has 0 bridgehead atoms. The number of hydrogen-bond donors (Lipinski definition) is 0. The standard InChI is InChI=1S/C26H22O6/c1-16-20-14-19(31-15-21(27)17-7-5-4-6-8-17)10-12-22(20)32-26(28)25(16)18-9-11-23(29-2)24(13-18)30-3/h4-14H,15H2,1-3H3. The summed E-state index contributed by atoms with van der Waals surface area (Å²) in [6, 6.07) is 19.4. The molecule has 6 heteroatoms. The first-order valence-electron chi connectivity index (χ1n) is 10.0. The number of Topliss-reactive ketones (excluding diaryl/α,β-unsaturated/α-hetero) is 1. The van der Waals surface area contributed by atoms with Crippen LogP contribution in [0.1, 0.15) is 15.9 Å². The Bertz CT molecular complexity index is 1340. The molecule has 0 N–H and O–H groups in total. The molecule has 0 spiro atoms. The molecule has 0 fully saturated rings. The average molecular weight is 430 g/mol. The second kappa shape index (κ2) is 8.98. The van der Waals surface area contributed by atoms with Crippen LogP contribution in [0.4, 0.5) is 0 Å². The second-order valence-electron chi connectivity index (χ2n) is 7.20. The Kier molecular flexibility index (Phi) is 5.94. The summed E-state index contributed by atoms with van der Waals surface area (Å²) in [6.07, 6.45) is 0. The average Bonchev–Trinajstić information content (AvgIpc) is 2.83. The van der Waals surface area contributed by atoms with E-state index in [4.69, 9.17) is 18.6 Å². The van der Waals surface area contributed by atoms with Crippen LogP contribution in [-0.4, -0.2) is 26.6 Å². The minimum Gasteiger partial charge on any atom is -0.493 e. The highest BCUT2D eigenvalue weighted by Crippen LogP contribution is 2.34. The third-order valence-corrected chi connectivity index (χ3v) is 5.27. The van der Waals surface area contributed by atoms with E-state index in [0.29, 0.717) is 39.5 Å². The van der Waals surface area contributed by atoms with Crippen molar-refractivity contribution in [1.82, 2.24) is 0 Å². The number of ketones is 1. The zero-order valence-electron chi connectivity index (χ0n) is 18.0. The normalized spacial score (nSPS) is 10.7. The van der Waals surface area contributed by atoms with Crippen molar-refractivity contribution < 1.29 is 23.4 Å². The molecule has 0 saturated carbocycles. The van der Waals surface area contributed by atoms with Gasteiger partial charge in [-0.15, -0.1) is 0 Å². The van der Waals surface area contributed by atoms with Crippen molar-refractivity contribution in [3.63, 3.8) is 0 Å². The maximum atomic E-state index is 12.8. The number of ether oxygens (including phenoxy) is 3. The number of fused-ring (bicyclic) bond motifs is 1. The molecule has 32 heavy (non-hydrogen) atoms. The van der Waals surface area contributed by atoms with Crippen molar-refractivity contribution in [1.29, 1.82) is 0 Å². The Labute approximate surface area is 185 Å². The van der Waals surface area contributed by atoms with Gasteiger partial charge in [-0.25, -0.2) is 4.79 Å². The first kappa shape index (κ1) is 21.2. The number of benzene rings is 3. The van der Waals surface area contributed by atoms with Crippen LogP contribution in [-0.2, 0) is 0 Å². The summed E-state index contributed by atoms with van der Waals surface area (Å²) in [5, 5.41) is 0.721. The summed E-state index contributed by atoms with van der Waals surface area (Å²) in [5.41, 5.74) is 2.40. The number of carbonyl (C=O) groups excluding carboxylic acids is 1. The van der Waals surface area contributed by atoms with Crippen LogP contribution in [0.5, 0.6) is 17.2 Å². The monoisotopic (exact) mass is 430 g/mol. The molecular formula is C26H22O6. The van der Waals surface area contributed by atoms with Gasteiger partial charge in [0.2, 0.25) is 0 Å². The molecule has 0 atom stereocenters. The Balaban J connectivity index is 1.69. The van der Waals surface area contributed by atoms with Gasteiger partial charge >= 0.3 is 5.63 Å². The highest BCUT2D eigenvalue weighted by molar-refractivity contribution is 5.97. The van der Waals surface area contributed by atoms with Crippen molar-refractivity contribution >= 4 is 16.8 Å². The summed E-state index contributed by atoms with van der Waals surface area (Å²) >= 11 is 0. The van der Waals surface area contributed by atoms with E-state index in [0.717, 1.165) is 10.9 Å². The fourth-order valence-corrected chi connectivity index (χ4v) is 3.60. The number of carbonyl (C=O) groups is 1. The number of methoxy groups -OCH3 is 2. The minimum absolute atomic E-state index is 0.0894. The molecule has 4 aromatic rings.